The summed E-state index contributed by atoms with van der Waals surface area (Å²) in [4.78, 5) is 20.6. The largest absolute Gasteiger partial charge is 0.526 e. The summed E-state index contributed by atoms with van der Waals surface area (Å²) in [5.74, 6) is 0.0108. The standard InChI is InChI=1S/C22H47O8P/c1-7-11-15-25-17-19(5)21(13-9-3)27-29-31(23,24)30-28-22(14-10-4)20(6)18-26-16-12-8-2/h19-22H,7-18H2,1-6H3,(H,23,24). The van der Waals surface area contributed by atoms with E-state index in [9.17, 15) is 9.46 Å². The summed E-state index contributed by atoms with van der Waals surface area (Å²) in [7, 11) is -4.53. The Labute approximate surface area is 189 Å². The van der Waals surface area contributed by atoms with E-state index in [1.165, 1.54) is 0 Å². The molecule has 4 unspecified atom stereocenters. The van der Waals surface area contributed by atoms with Crippen LogP contribution in [0.1, 0.15) is 92.9 Å². The normalized spacial score (nSPS) is 17.8. The third kappa shape index (κ3) is 16.2. The molecule has 0 aliphatic rings. The van der Waals surface area contributed by atoms with Crippen molar-refractivity contribution in [1.82, 2.24) is 0 Å². The van der Waals surface area contributed by atoms with Gasteiger partial charge in [0.15, 0.2) is 0 Å². The highest BCUT2D eigenvalue weighted by atomic mass is 31.2. The van der Waals surface area contributed by atoms with E-state index in [0.717, 1.165) is 38.5 Å². The van der Waals surface area contributed by atoms with Gasteiger partial charge in [-0.25, -0.2) is 14.3 Å². The Morgan fingerprint density at radius 1 is 0.710 bits per heavy atom. The summed E-state index contributed by atoms with van der Waals surface area (Å²) in [6.07, 6.45) is 6.40. The molecule has 0 aliphatic carbocycles. The molecule has 0 saturated heterocycles. The lowest BCUT2D eigenvalue weighted by Crippen LogP contribution is -2.27. The van der Waals surface area contributed by atoms with Gasteiger partial charge in [-0.05, 0) is 25.7 Å². The Morgan fingerprint density at radius 3 is 1.42 bits per heavy atom. The zero-order valence-electron chi connectivity index (χ0n) is 20.5. The van der Waals surface area contributed by atoms with Crippen molar-refractivity contribution in [1.29, 1.82) is 0 Å². The zero-order chi connectivity index (χ0) is 23.5. The second-order valence-electron chi connectivity index (χ2n) is 8.28. The van der Waals surface area contributed by atoms with Crippen molar-refractivity contribution in [2.45, 2.75) is 105 Å². The van der Waals surface area contributed by atoms with Crippen LogP contribution in [0.25, 0.3) is 0 Å². The second kappa shape index (κ2) is 19.4. The van der Waals surface area contributed by atoms with Gasteiger partial charge >= 0.3 is 7.82 Å². The summed E-state index contributed by atoms with van der Waals surface area (Å²) >= 11 is 0. The topological polar surface area (TPSA) is 92.7 Å². The highest BCUT2D eigenvalue weighted by molar-refractivity contribution is 7.47. The molecule has 9 heteroatoms. The van der Waals surface area contributed by atoms with Crippen molar-refractivity contribution in [2.24, 2.45) is 11.8 Å². The molecule has 0 spiro atoms. The molecule has 0 aromatic carbocycles. The average Bonchev–Trinajstić information content (AvgIpc) is 2.74. The smallest absolute Gasteiger partial charge is 0.381 e. The van der Waals surface area contributed by atoms with Crippen molar-refractivity contribution in [3.63, 3.8) is 0 Å². The molecule has 0 saturated carbocycles. The number of hydrogen-bond acceptors (Lipinski definition) is 7. The predicted molar refractivity (Wildman–Crippen MR) is 121 cm³/mol. The maximum absolute atomic E-state index is 12.3. The second-order valence-corrected chi connectivity index (χ2v) is 9.51. The van der Waals surface area contributed by atoms with Crippen molar-refractivity contribution in [2.75, 3.05) is 26.4 Å². The predicted octanol–water partition coefficient (Wildman–Crippen LogP) is 6.23. The van der Waals surface area contributed by atoms with Crippen LogP contribution in [-0.2, 0) is 33.2 Å². The highest BCUT2D eigenvalue weighted by Gasteiger charge is 2.31. The Hall–Kier alpha value is -0.0500. The summed E-state index contributed by atoms with van der Waals surface area (Å²) in [5.41, 5.74) is 0. The average molecular weight is 471 g/mol. The first-order valence-corrected chi connectivity index (χ1v) is 13.5. The van der Waals surface area contributed by atoms with Gasteiger partial charge in [0, 0.05) is 25.0 Å². The Bertz CT molecular complexity index is 415. The van der Waals surface area contributed by atoms with Gasteiger partial charge < -0.3 is 9.47 Å². The van der Waals surface area contributed by atoms with Crippen LogP contribution in [-0.4, -0.2) is 43.5 Å². The first-order valence-electron chi connectivity index (χ1n) is 12.0. The minimum Gasteiger partial charge on any atom is -0.381 e. The molecule has 0 radical (unpaired) electrons. The molecule has 1 N–H and O–H groups in total. The van der Waals surface area contributed by atoms with Crippen LogP contribution >= 0.6 is 7.82 Å². The van der Waals surface area contributed by atoms with E-state index in [-0.39, 0.29) is 24.0 Å². The maximum atomic E-state index is 12.3. The van der Waals surface area contributed by atoms with Crippen molar-refractivity contribution < 1.29 is 38.1 Å². The van der Waals surface area contributed by atoms with Crippen LogP contribution in [0.2, 0.25) is 0 Å². The number of ether oxygens (including phenoxy) is 2. The quantitative estimate of drug-likeness (QED) is 0.0862. The fraction of sp³-hybridized carbons (Fsp3) is 1.00. The van der Waals surface area contributed by atoms with Gasteiger partial charge in [-0.15, -0.1) is 9.35 Å². The van der Waals surface area contributed by atoms with Crippen LogP contribution in [0.15, 0.2) is 0 Å². The van der Waals surface area contributed by atoms with E-state index < -0.39 is 7.82 Å². The highest BCUT2D eigenvalue weighted by Crippen LogP contribution is 2.45. The Kier molecular flexibility index (Phi) is 19.4. The summed E-state index contributed by atoms with van der Waals surface area (Å²) in [6.45, 7) is 14.5. The molecule has 0 heterocycles. The summed E-state index contributed by atoms with van der Waals surface area (Å²) in [6, 6.07) is 0. The molecule has 0 aliphatic heterocycles. The zero-order valence-corrected chi connectivity index (χ0v) is 21.4. The van der Waals surface area contributed by atoms with E-state index in [1.54, 1.807) is 0 Å². The van der Waals surface area contributed by atoms with Crippen molar-refractivity contribution in [3.8, 4) is 0 Å². The van der Waals surface area contributed by atoms with E-state index in [2.05, 4.69) is 13.8 Å². The van der Waals surface area contributed by atoms with Crippen molar-refractivity contribution >= 4 is 7.82 Å². The Balaban J connectivity index is 4.55. The van der Waals surface area contributed by atoms with Crippen LogP contribution in [0.4, 0.5) is 0 Å². The molecule has 0 amide bonds. The maximum Gasteiger partial charge on any atom is 0.526 e. The van der Waals surface area contributed by atoms with Gasteiger partial charge in [0.05, 0.1) is 25.4 Å². The fourth-order valence-corrected chi connectivity index (χ4v) is 3.37. The molecule has 0 aromatic heterocycles. The molecular formula is C22H47O8P. The van der Waals surface area contributed by atoms with Gasteiger partial charge in [-0.2, -0.15) is 0 Å². The molecular weight excluding hydrogens is 423 g/mol. The summed E-state index contributed by atoms with van der Waals surface area (Å²) < 4.78 is 33.1. The van der Waals surface area contributed by atoms with E-state index in [4.69, 9.17) is 28.6 Å². The lowest BCUT2D eigenvalue weighted by molar-refractivity contribution is -0.322. The molecule has 8 nitrogen and oxygen atoms in total. The number of rotatable bonds is 22. The molecule has 0 aromatic rings. The minimum atomic E-state index is -4.53. The van der Waals surface area contributed by atoms with Crippen LogP contribution in [0.5, 0.6) is 0 Å². The lowest BCUT2D eigenvalue weighted by Gasteiger charge is -2.25. The molecule has 0 bridgehead atoms. The first kappa shape index (κ1) is 30.9. The van der Waals surface area contributed by atoms with Gasteiger partial charge in [-0.3, -0.25) is 4.89 Å². The Morgan fingerprint density at radius 2 is 1.10 bits per heavy atom. The molecule has 4 atom stereocenters. The molecule has 31 heavy (non-hydrogen) atoms. The van der Waals surface area contributed by atoms with Gasteiger partial charge in [0.25, 0.3) is 0 Å². The monoisotopic (exact) mass is 470 g/mol. The fourth-order valence-electron chi connectivity index (χ4n) is 2.90. The molecule has 188 valence electrons. The molecule has 0 fully saturated rings. The third-order valence-electron chi connectivity index (χ3n) is 4.98. The number of hydrogen-bond donors (Lipinski definition) is 1. The van der Waals surface area contributed by atoms with E-state index in [0.29, 0.717) is 39.3 Å². The third-order valence-corrected chi connectivity index (χ3v) is 5.53. The SMILES string of the molecule is CCCCOCC(C)C(CCC)OOP(=O)(O)OOC(CCC)C(C)COCCCC. The first-order chi connectivity index (χ1) is 14.8. The summed E-state index contributed by atoms with van der Waals surface area (Å²) in [5, 5.41) is 0. The van der Waals surface area contributed by atoms with Gasteiger partial charge in [0.1, 0.15) is 0 Å². The number of phosphoric acid groups is 1. The van der Waals surface area contributed by atoms with Crippen LogP contribution < -0.4 is 0 Å². The minimum absolute atomic E-state index is 0.00542. The molecule has 0 rings (SSSR count). The number of unbranched alkanes of at least 4 members (excludes halogenated alkanes) is 2. The van der Waals surface area contributed by atoms with E-state index >= 15 is 0 Å². The van der Waals surface area contributed by atoms with Crippen LogP contribution in [0.3, 0.4) is 0 Å². The van der Waals surface area contributed by atoms with Crippen molar-refractivity contribution in [3.05, 3.63) is 0 Å². The van der Waals surface area contributed by atoms with Gasteiger partial charge in [0.2, 0.25) is 0 Å². The van der Waals surface area contributed by atoms with Gasteiger partial charge in [-0.1, -0.05) is 67.2 Å². The van der Waals surface area contributed by atoms with E-state index in [1.807, 2.05) is 27.7 Å². The van der Waals surface area contributed by atoms with Crippen LogP contribution in [0, 0.1) is 11.8 Å². The lowest BCUT2D eigenvalue weighted by atomic mass is 10.0.